The Morgan fingerprint density at radius 1 is 1.33 bits per heavy atom. The second-order valence-corrected chi connectivity index (χ2v) is 3.91. The maximum atomic E-state index is 12.6. The molecule has 0 saturated carbocycles. The summed E-state index contributed by atoms with van der Waals surface area (Å²) in [5, 5.41) is 4.25. The van der Waals surface area contributed by atoms with E-state index < -0.39 is 30.2 Å². The Labute approximate surface area is 118 Å². The molecule has 21 heavy (non-hydrogen) atoms. The average molecular weight is 305 g/mol. The van der Waals surface area contributed by atoms with Gasteiger partial charge in [0.1, 0.15) is 5.75 Å². The highest BCUT2D eigenvalue weighted by Gasteiger charge is 2.31. The first-order valence-electron chi connectivity index (χ1n) is 5.91. The van der Waals surface area contributed by atoms with Gasteiger partial charge in [-0.3, -0.25) is 10.1 Å². The highest BCUT2D eigenvalue weighted by Crippen LogP contribution is 2.34. The summed E-state index contributed by atoms with van der Waals surface area (Å²) in [6, 6.07) is 1.80. The number of nitrogens with two attached hydrogens (primary N) is 1. The number of urea groups is 1. The molecular weight excluding hydrogens is 291 g/mol. The van der Waals surface area contributed by atoms with Crippen LogP contribution < -0.4 is 21.1 Å². The van der Waals surface area contributed by atoms with E-state index in [0.29, 0.717) is 0 Å². The van der Waals surface area contributed by atoms with E-state index in [1.165, 1.54) is 0 Å². The summed E-state index contributed by atoms with van der Waals surface area (Å²) in [6.45, 7) is 1.49. The normalized spacial score (nSPS) is 10.9. The number of anilines is 1. The quantitative estimate of drug-likeness (QED) is 0.772. The molecule has 0 heterocycles. The number of benzene rings is 1. The first-order valence-corrected chi connectivity index (χ1v) is 5.91. The largest absolute Gasteiger partial charge is 0.492 e. The summed E-state index contributed by atoms with van der Waals surface area (Å²) in [7, 11) is 0. The molecule has 1 aromatic carbocycles. The Bertz CT molecular complexity index is 532. The lowest BCUT2D eigenvalue weighted by molar-refractivity contribution is -0.137. The molecule has 0 bridgehead atoms. The lowest BCUT2D eigenvalue weighted by Gasteiger charge is -2.15. The van der Waals surface area contributed by atoms with Gasteiger partial charge in [0.25, 0.3) is 0 Å². The molecule has 0 spiro atoms. The van der Waals surface area contributed by atoms with Gasteiger partial charge in [-0.05, 0) is 25.1 Å². The highest BCUT2D eigenvalue weighted by atomic mass is 19.4. The van der Waals surface area contributed by atoms with E-state index in [2.05, 4.69) is 5.32 Å². The number of alkyl halides is 3. The standard InChI is InChI=1S/C12H14F3N3O3/c1-2-21-9-4-3-7(12(13,14)15)5-8(9)17-6-10(19)18-11(16)20/h3-5,17H,2,6H2,1H3,(H3,16,18,19,20). The molecule has 6 nitrogen and oxygen atoms in total. The molecule has 0 aromatic heterocycles. The minimum Gasteiger partial charge on any atom is -0.492 e. The van der Waals surface area contributed by atoms with Gasteiger partial charge in [0.2, 0.25) is 5.91 Å². The summed E-state index contributed by atoms with van der Waals surface area (Å²) in [4.78, 5) is 21.7. The van der Waals surface area contributed by atoms with Gasteiger partial charge < -0.3 is 15.8 Å². The first kappa shape index (κ1) is 16.6. The van der Waals surface area contributed by atoms with E-state index in [1.54, 1.807) is 12.2 Å². The molecule has 4 N–H and O–H groups in total. The third kappa shape index (κ3) is 5.21. The smallest absolute Gasteiger partial charge is 0.416 e. The van der Waals surface area contributed by atoms with Crippen molar-refractivity contribution >= 4 is 17.6 Å². The third-order valence-corrected chi connectivity index (χ3v) is 2.31. The molecule has 9 heteroatoms. The van der Waals surface area contributed by atoms with Crippen LogP contribution in [0.1, 0.15) is 12.5 Å². The second-order valence-electron chi connectivity index (χ2n) is 3.91. The highest BCUT2D eigenvalue weighted by molar-refractivity contribution is 5.95. The zero-order valence-corrected chi connectivity index (χ0v) is 11.1. The SMILES string of the molecule is CCOc1ccc(C(F)(F)F)cc1NCC(=O)NC(N)=O. The fraction of sp³-hybridized carbons (Fsp3) is 0.333. The zero-order valence-electron chi connectivity index (χ0n) is 11.1. The van der Waals surface area contributed by atoms with E-state index in [1.807, 2.05) is 0 Å². The van der Waals surface area contributed by atoms with Crippen LogP contribution in [0.15, 0.2) is 18.2 Å². The van der Waals surface area contributed by atoms with Gasteiger partial charge in [0.05, 0.1) is 24.4 Å². The van der Waals surface area contributed by atoms with E-state index in [9.17, 15) is 22.8 Å². The molecule has 0 aliphatic carbocycles. The Morgan fingerprint density at radius 2 is 2.00 bits per heavy atom. The fourth-order valence-electron chi connectivity index (χ4n) is 1.48. The zero-order chi connectivity index (χ0) is 16.0. The number of imide groups is 1. The number of hydrogen-bond donors (Lipinski definition) is 3. The van der Waals surface area contributed by atoms with Gasteiger partial charge in [0, 0.05) is 0 Å². The lowest BCUT2D eigenvalue weighted by atomic mass is 10.1. The number of nitrogens with one attached hydrogen (secondary N) is 2. The van der Waals surface area contributed by atoms with E-state index in [0.717, 1.165) is 18.2 Å². The minimum absolute atomic E-state index is 0.00806. The number of hydrogen-bond acceptors (Lipinski definition) is 4. The van der Waals surface area contributed by atoms with Crippen LogP contribution in [0.3, 0.4) is 0 Å². The maximum Gasteiger partial charge on any atom is 0.416 e. The summed E-state index contributed by atoms with van der Waals surface area (Å²) in [5.74, 6) is -0.611. The van der Waals surface area contributed by atoms with Crippen LogP contribution in [0.5, 0.6) is 5.75 Å². The van der Waals surface area contributed by atoms with Crippen LogP contribution in [-0.4, -0.2) is 25.1 Å². The number of ether oxygens (including phenoxy) is 1. The number of carbonyl (C=O) groups is 2. The van der Waals surface area contributed by atoms with Gasteiger partial charge in [0.15, 0.2) is 0 Å². The fourth-order valence-corrected chi connectivity index (χ4v) is 1.48. The molecule has 0 aliphatic heterocycles. The number of amides is 3. The van der Waals surface area contributed by atoms with Crippen molar-refractivity contribution in [3.05, 3.63) is 23.8 Å². The van der Waals surface area contributed by atoms with Crippen LogP contribution in [0.4, 0.5) is 23.7 Å². The van der Waals surface area contributed by atoms with E-state index in [4.69, 9.17) is 10.5 Å². The van der Waals surface area contributed by atoms with Crippen LogP contribution in [0.25, 0.3) is 0 Å². The molecule has 0 aliphatic rings. The van der Waals surface area contributed by atoms with Crippen molar-refractivity contribution in [1.82, 2.24) is 5.32 Å². The van der Waals surface area contributed by atoms with Crippen molar-refractivity contribution in [3.8, 4) is 5.75 Å². The third-order valence-electron chi connectivity index (χ3n) is 2.31. The Morgan fingerprint density at radius 3 is 2.52 bits per heavy atom. The summed E-state index contributed by atoms with van der Waals surface area (Å²) < 4.78 is 43.1. The number of primary amides is 1. The lowest BCUT2D eigenvalue weighted by Crippen LogP contribution is -2.38. The topological polar surface area (TPSA) is 93.4 Å². The molecule has 1 aromatic rings. The van der Waals surface area contributed by atoms with Crippen LogP contribution in [0, 0.1) is 0 Å². The van der Waals surface area contributed by atoms with Crippen molar-refractivity contribution in [2.75, 3.05) is 18.5 Å². The monoisotopic (exact) mass is 305 g/mol. The molecule has 0 atom stereocenters. The number of carbonyl (C=O) groups excluding carboxylic acids is 2. The van der Waals surface area contributed by atoms with E-state index >= 15 is 0 Å². The van der Waals surface area contributed by atoms with Gasteiger partial charge in [-0.15, -0.1) is 0 Å². The summed E-state index contributed by atoms with van der Waals surface area (Å²) >= 11 is 0. The Kier molecular flexibility index (Phi) is 5.39. The van der Waals surface area contributed by atoms with Crippen molar-refractivity contribution in [2.24, 2.45) is 5.73 Å². The first-order chi connectivity index (χ1) is 9.74. The molecule has 0 radical (unpaired) electrons. The minimum atomic E-state index is -4.52. The molecule has 1 rings (SSSR count). The Hall–Kier alpha value is -2.45. The molecule has 0 saturated heterocycles. The molecular formula is C12H14F3N3O3. The van der Waals surface area contributed by atoms with Gasteiger partial charge in [-0.25, -0.2) is 4.79 Å². The average Bonchev–Trinajstić information content (AvgIpc) is 2.35. The number of halogens is 3. The second kappa shape index (κ2) is 6.82. The van der Waals surface area contributed by atoms with Crippen molar-refractivity contribution in [3.63, 3.8) is 0 Å². The molecule has 0 fully saturated rings. The predicted molar refractivity (Wildman–Crippen MR) is 68.8 cm³/mol. The van der Waals surface area contributed by atoms with Gasteiger partial charge in [-0.2, -0.15) is 13.2 Å². The molecule has 116 valence electrons. The van der Waals surface area contributed by atoms with Crippen molar-refractivity contribution in [1.29, 1.82) is 0 Å². The molecule has 0 unspecified atom stereocenters. The Balaban J connectivity index is 2.90. The van der Waals surface area contributed by atoms with E-state index in [-0.39, 0.29) is 18.0 Å². The van der Waals surface area contributed by atoms with Gasteiger partial charge >= 0.3 is 12.2 Å². The van der Waals surface area contributed by atoms with Crippen LogP contribution >= 0.6 is 0 Å². The van der Waals surface area contributed by atoms with Crippen molar-refractivity contribution in [2.45, 2.75) is 13.1 Å². The van der Waals surface area contributed by atoms with Crippen LogP contribution in [-0.2, 0) is 11.0 Å². The van der Waals surface area contributed by atoms with Crippen LogP contribution in [0.2, 0.25) is 0 Å². The van der Waals surface area contributed by atoms with Crippen molar-refractivity contribution < 1.29 is 27.5 Å². The molecule has 3 amide bonds. The van der Waals surface area contributed by atoms with Gasteiger partial charge in [-0.1, -0.05) is 0 Å². The maximum absolute atomic E-state index is 12.6. The predicted octanol–water partition coefficient (Wildman–Crippen LogP) is 1.71. The summed E-state index contributed by atoms with van der Waals surface area (Å²) in [6.07, 6.45) is -4.52. The summed E-state index contributed by atoms with van der Waals surface area (Å²) in [5.41, 5.74) is 3.86. The number of rotatable bonds is 5.